The Morgan fingerprint density at radius 1 is 1.20 bits per heavy atom. The van der Waals surface area contributed by atoms with E-state index in [-0.39, 0.29) is 12.6 Å². The molecule has 0 atom stereocenters. The molecule has 2 heterocycles. The molecule has 0 fully saturated rings. The zero-order valence-electron chi connectivity index (χ0n) is 13.9. The van der Waals surface area contributed by atoms with Crippen LogP contribution in [0.25, 0.3) is 11.0 Å². The van der Waals surface area contributed by atoms with Crippen molar-refractivity contribution < 1.29 is 9.53 Å². The van der Waals surface area contributed by atoms with E-state index in [0.29, 0.717) is 11.4 Å². The minimum atomic E-state index is -0.367. The predicted octanol–water partition coefficient (Wildman–Crippen LogP) is 3.51. The van der Waals surface area contributed by atoms with Crippen molar-refractivity contribution in [3.63, 3.8) is 0 Å². The van der Waals surface area contributed by atoms with Crippen LogP contribution >= 0.6 is 0 Å². The highest BCUT2D eigenvalue weighted by molar-refractivity contribution is 5.90. The number of hydrogen-bond acceptors (Lipinski definition) is 5. The first-order valence-electron chi connectivity index (χ1n) is 8.21. The number of carbonyl (C=O) groups excluding carboxylic acids is 1. The van der Waals surface area contributed by atoms with E-state index < -0.39 is 0 Å². The molecule has 2 aromatic carbocycles. The van der Waals surface area contributed by atoms with E-state index in [0.717, 1.165) is 35.4 Å². The van der Waals surface area contributed by atoms with Gasteiger partial charge in [-0.2, -0.15) is 5.10 Å². The second-order valence-electron chi connectivity index (χ2n) is 6.03. The number of ether oxygens (including phenoxy) is 1. The van der Waals surface area contributed by atoms with E-state index >= 15 is 0 Å². The molecule has 3 aromatic rings. The van der Waals surface area contributed by atoms with E-state index in [4.69, 9.17) is 4.74 Å². The number of benzene rings is 2. The summed E-state index contributed by atoms with van der Waals surface area (Å²) >= 11 is 0. The van der Waals surface area contributed by atoms with Gasteiger partial charge in [0.05, 0.1) is 22.3 Å². The lowest BCUT2D eigenvalue weighted by atomic mass is 10.2. The average molecular weight is 334 g/mol. The number of hydrazone groups is 1. The number of H-pyrrole nitrogens is 1. The van der Waals surface area contributed by atoms with Crippen LogP contribution < -0.4 is 5.01 Å². The topological polar surface area (TPSA) is 70.6 Å². The summed E-state index contributed by atoms with van der Waals surface area (Å²) in [4.78, 5) is 19.8. The minimum Gasteiger partial charge on any atom is -0.454 e. The molecule has 1 aliphatic heterocycles. The second-order valence-corrected chi connectivity index (χ2v) is 6.03. The number of rotatable bonds is 4. The molecule has 4 rings (SSSR count). The van der Waals surface area contributed by atoms with Crippen LogP contribution in [-0.4, -0.2) is 28.2 Å². The van der Waals surface area contributed by atoms with Gasteiger partial charge in [-0.05, 0) is 43.3 Å². The highest BCUT2D eigenvalue weighted by Crippen LogP contribution is 2.20. The van der Waals surface area contributed by atoms with E-state index in [9.17, 15) is 4.79 Å². The number of imidazole rings is 1. The lowest BCUT2D eigenvalue weighted by Gasteiger charge is -2.13. The Morgan fingerprint density at radius 3 is 2.72 bits per heavy atom. The molecular weight excluding hydrogens is 316 g/mol. The summed E-state index contributed by atoms with van der Waals surface area (Å²) in [5.41, 5.74) is 4.40. The number of aromatic amines is 1. The van der Waals surface area contributed by atoms with Crippen LogP contribution in [-0.2, 0) is 11.3 Å². The molecule has 0 aliphatic carbocycles. The van der Waals surface area contributed by atoms with Gasteiger partial charge < -0.3 is 9.72 Å². The molecule has 0 radical (unpaired) electrons. The van der Waals surface area contributed by atoms with E-state index in [1.54, 1.807) is 12.1 Å². The van der Waals surface area contributed by atoms with Gasteiger partial charge in [0.1, 0.15) is 12.4 Å². The predicted molar refractivity (Wildman–Crippen MR) is 96.7 cm³/mol. The Labute approximate surface area is 145 Å². The van der Waals surface area contributed by atoms with Gasteiger partial charge in [-0.15, -0.1) is 0 Å². The van der Waals surface area contributed by atoms with E-state index in [1.165, 1.54) is 0 Å². The molecule has 6 heteroatoms. The molecule has 0 saturated heterocycles. The first kappa shape index (κ1) is 15.4. The third kappa shape index (κ3) is 3.24. The highest BCUT2D eigenvalue weighted by Gasteiger charge is 2.14. The number of esters is 1. The fourth-order valence-electron chi connectivity index (χ4n) is 2.82. The molecule has 0 amide bonds. The number of para-hydroxylation sites is 2. The summed E-state index contributed by atoms with van der Waals surface area (Å²) in [6.45, 7) is 3.01. The molecular formula is C19H18N4O2. The SMILES string of the molecule is CC1=NN(c2ccc(C(=O)OCc3nc4ccccc4[nH]3)cc2)CC1. The summed E-state index contributed by atoms with van der Waals surface area (Å²) in [5.74, 6) is 0.265. The third-order valence-corrected chi connectivity index (χ3v) is 4.16. The lowest BCUT2D eigenvalue weighted by Crippen LogP contribution is -2.12. The molecule has 1 aromatic heterocycles. The van der Waals surface area contributed by atoms with Crippen LogP contribution in [0.15, 0.2) is 53.6 Å². The summed E-state index contributed by atoms with van der Waals surface area (Å²) < 4.78 is 5.35. The second kappa shape index (κ2) is 6.39. The summed E-state index contributed by atoms with van der Waals surface area (Å²) in [6.07, 6.45) is 0.974. The molecule has 1 aliphatic rings. The van der Waals surface area contributed by atoms with Crippen LogP contribution in [0.5, 0.6) is 0 Å². The van der Waals surface area contributed by atoms with Crippen LogP contribution in [0.1, 0.15) is 29.5 Å². The van der Waals surface area contributed by atoms with Gasteiger partial charge in [0, 0.05) is 18.7 Å². The van der Waals surface area contributed by atoms with Crippen molar-refractivity contribution in [2.24, 2.45) is 5.10 Å². The monoisotopic (exact) mass is 334 g/mol. The Kier molecular flexibility index (Phi) is 3.93. The molecule has 0 bridgehead atoms. The molecule has 0 saturated carbocycles. The molecule has 126 valence electrons. The fraction of sp³-hybridized carbons (Fsp3) is 0.211. The van der Waals surface area contributed by atoms with Crippen molar-refractivity contribution >= 4 is 28.4 Å². The maximum atomic E-state index is 12.2. The first-order chi connectivity index (χ1) is 12.2. The maximum absolute atomic E-state index is 12.2. The molecule has 25 heavy (non-hydrogen) atoms. The van der Waals surface area contributed by atoms with Gasteiger partial charge in [-0.3, -0.25) is 5.01 Å². The number of nitrogens with one attached hydrogen (secondary N) is 1. The summed E-state index contributed by atoms with van der Waals surface area (Å²) in [5, 5.41) is 6.39. The van der Waals surface area contributed by atoms with E-state index in [2.05, 4.69) is 15.1 Å². The largest absolute Gasteiger partial charge is 0.454 e. The Hall–Kier alpha value is -3.15. The number of fused-ring (bicyclic) bond motifs is 1. The number of aromatic nitrogens is 2. The molecule has 0 unspecified atom stereocenters. The van der Waals surface area contributed by atoms with Gasteiger partial charge >= 0.3 is 5.97 Å². The fourth-order valence-corrected chi connectivity index (χ4v) is 2.82. The number of hydrogen-bond donors (Lipinski definition) is 1. The third-order valence-electron chi connectivity index (χ3n) is 4.16. The summed E-state index contributed by atoms with van der Waals surface area (Å²) in [6, 6.07) is 15.0. The highest BCUT2D eigenvalue weighted by atomic mass is 16.5. The maximum Gasteiger partial charge on any atom is 0.338 e. The lowest BCUT2D eigenvalue weighted by molar-refractivity contribution is 0.0463. The Balaban J connectivity index is 1.40. The van der Waals surface area contributed by atoms with Crippen molar-refractivity contribution in [3.05, 3.63) is 59.9 Å². The first-order valence-corrected chi connectivity index (χ1v) is 8.21. The molecule has 6 nitrogen and oxygen atoms in total. The molecule has 1 N–H and O–H groups in total. The van der Waals surface area contributed by atoms with Crippen molar-refractivity contribution in [1.82, 2.24) is 9.97 Å². The smallest absolute Gasteiger partial charge is 0.338 e. The normalized spacial score (nSPS) is 14.0. The number of carbonyl (C=O) groups is 1. The number of nitrogens with zero attached hydrogens (tertiary/aromatic N) is 3. The van der Waals surface area contributed by atoms with Crippen molar-refractivity contribution in [1.29, 1.82) is 0 Å². The number of anilines is 1. The van der Waals surface area contributed by atoms with Crippen LogP contribution in [0.3, 0.4) is 0 Å². The van der Waals surface area contributed by atoms with Crippen molar-refractivity contribution in [3.8, 4) is 0 Å². The quantitative estimate of drug-likeness (QED) is 0.741. The Morgan fingerprint density at radius 2 is 2.00 bits per heavy atom. The summed E-state index contributed by atoms with van der Waals surface area (Å²) in [7, 11) is 0. The van der Waals surface area contributed by atoms with Gasteiger partial charge in [-0.1, -0.05) is 12.1 Å². The van der Waals surface area contributed by atoms with E-state index in [1.807, 2.05) is 48.3 Å². The van der Waals surface area contributed by atoms with Crippen molar-refractivity contribution in [2.45, 2.75) is 20.0 Å². The zero-order chi connectivity index (χ0) is 17.2. The molecule has 0 spiro atoms. The van der Waals surface area contributed by atoms with Gasteiger partial charge in [0.25, 0.3) is 0 Å². The van der Waals surface area contributed by atoms with Crippen LogP contribution in [0.2, 0.25) is 0 Å². The minimum absolute atomic E-state index is 0.116. The van der Waals surface area contributed by atoms with Gasteiger partial charge in [0.2, 0.25) is 0 Å². The van der Waals surface area contributed by atoms with Crippen LogP contribution in [0.4, 0.5) is 5.69 Å². The van der Waals surface area contributed by atoms with Gasteiger partial charge in [-0.25, -0.2) is 9.78 Å². The van der Waals surface area contributed by atoms with Crippen molar-refractivity contribution in [2.75, 3.05) is 11.6 Å². The van der Waals surface area contributed by atoms with Crippen LogP contribution in [0, 0.1) is 0 Å². The average Bonchev–Trinajstić information content (AvgIpc) is 3.25. The zero-order valence-corrected chi connectivity index (χ0v) is 13.9. The van der Waals surface area contributed by atoms with Gasteiger partial charge in [0.15, 0.2) is 0 Å². The Bertz CT molecular complexity index is 910. The standard InChI is InChI=1S/C19H18N4O2/c1-13-10-11-23(22-13)15-8-6-14(7-9-15)19(24)25-12-18-20-16-4-2-3-5-17(16)21-18/h2-9H,10-12H2,1H3,(H,20,21).